The van der Waals surface area contributed by atoms with Crippen LogP contribution in [0.25, 0.3) is 0 Å². The van der Waals surface area contributed by atoms with Crippen molar-refractivity contribution in [2.75, 3.05) is 19.0 Å². The van der Waals surface area contributed by atoms with Gasteiger partial charge in [-0.25, -0.2) is 0 Å². The Morgan fingerprint density at radius 3 is 2.64 bits per heavy atom. The van der Waals surface area contributed by atoms with E-state index in [-0.39, 0.29) is 0 Å². The third-order valence-electron chi connectivity index (χ3n) is 3.37. The molecule has 0 heterocycles. The second-order valence-corrected chi connectivity index (χ2v) is 5.58. The van der Waals surface area contributed by atoms with Gasteiger partial charge in [-0.15, -0.1) is 0 Å². The molecule has 0 bridgehead atoms. The monoisotopic (exact) mass is 314 g/mol. The molecule has 2 aromatic rings. The van der Waals surface area contributed by atoms with Crippen LogP contribution in [0.4, 0.5) is 5.69 Å². The van der Waals surface area contributed by atoms with E-state index in [0.717, 1.165) is 36.4 Å². The van der Waals surface area contributed by atoms with Crippen molar-refractivity contribution in [2.24, 2.45) is 0 Å². The van der Waals surface area contributed by atoms with Gasteiger partial charge in [0, 0.05) is 6.54 Å². The van der Waals surface area contributed by atoms with Crippen LogP contribution in [-0.2, 0) is 6.42 Å². The van der Waals surface area contributed by atoms with E-state index < -0.39 is 0 Å². The Kier molecular flexibility index (Phi) is 6.22. The maximum Gasteiger partial charge on any atom is 0.170 e. The van der Waals surface area contributed by atoms with E-state index in [4.69, 9.17) is 17.0 Å². The van der Waals surface area contributed by atoms with Crippen LogP contribution in [-0.4, -0.2) is 18.8 Å². The van der Waals surface area contributed by atoms with Gasteiger partial charge in [0.05, 0.1) is 12.8 Å². The number of rotatable bonds is 6. The standard InChI is InChI=1S/C18H22N2OS/c1-14-10-11-17(21-2)16(13-14)20-18(22)19-12-6-9-15-7-4-3-5-8-15/h3-5,7-8,10-11,13H,6,9,12H2,1-2H3,(H2,19,20,22). The molecule has 0 unspecified atom stereocenters. The third-order valence-corrected chi connectivity index (χ3v) is 3.62. The van der Waals surface area contributed by atoms with E-state index in [2.05, 4.69) is 34.9 Å². The van der Waals surface area contributed by atoms with Gasteiger partial charge in [0.25, 0.3) is 0 Å². The summed E-state index contributed by atoms with van der Waals surface area (Å²) in [7, 11) is 1.66. The quantitative estimate of drug-likeness (QED) is 0.625. The molecule has 0 amide bonds. The zero-order chi connectivity index (χ0) is 15.8. The highest BCUT2D eigenvalue weighted by Crippen LogP contribution is 2.24. The van der Waals surface area contributed by atoms with E-state index in [0.29, 0.717) is 5.11 Å². The molecule has 0 aliphatic carbocycles. The van der Waals surface area contributed by atoms with Crippen LogP contribution in [0.5, 0.6) is 5.75 Å². The fourth-order valence-corrected chi connectivity index (χ4v) is 2.44. The average molecular weight is 314 g/mol. The fourth-order valence-electron chi connectivity index (χ4n) is 2.23. The fraction of sp³-hybridized carbons (Fsp3) is 0.278. The highest BCUT2D eigenvalue weighted by atomic mass is 32.1. The predicted molar refractivity (Wildman–Crippen MR) is 96.7 cm³/mol. The van der Waals surface area contributed by atoms with Crippen molar-refractivity contribution in [3.8, 4) is 5.75 Å². The highest BCUT2D eigenvalue weighted by Gasteiger charge is 2.04. The molecule has 0 aliphatic rings. The Morgan fingerprint density at radius 1 is 1.14 bits per heavy atom. The summed E-state index contributed by atoms with van der Waals surface area (Å²) in [4.78, 5) is 0. The van der Waals surface area contributed by atoms with Crippen LogP contribution < -0.4 is 15.4 Å². The molecule has 0 fully saturated rings. The Morgan fingerprint density at radius 2 is 1.91 bits per heavy atom. The molecular weight excluding hydrogens is 292 g/mol. The number of hydrogen-bond donors (Lipinski definition) is 2. The molecule has 0 aliphatic heterocycles. The van der Waals surface area contributed by atoms with Crippen molar-refractivity contribution in [3.05, 3.63) is 59.7 Å². The minimum absolute atomic E-state index is 0.622. The van der Waals surface area contributed by atoms with Crippen molar-refractivity contribution >= 4 is 23.0 Å². The number of methoxy groups -OCH3 is 1. The summed E-state index contributed by atoms with van der Waals surface area (Å²) in [5.74, 6) is 0.791. The molecule has 0 spiro atoms. The van der Waals surface area contributed by atoms with E-state index in [9.17, 15) is 0 Å². The van der Waals surface area contributed by atoms with Crippen molar-refractivity contribution in [1.82, 2.24) is 5.32 Å². The van der Waals surface area contributed by atoms with Gasteiger partial charge >= 0.3 is 0 Å². The van der Waals surface area contributed by atoms with Gasteiger partial charge in [0.2, 0.25) is 0 Å². The molecule has 0 aromatic heterocycles. The molecule has 0 saturated heterocycles. The number of ether oxygens (including phenoxy) is 1. The van der Waals surface area contributed by atoms with E-state index in [1.165, 1.54) is 5.56 Å². The van der Waals surface area contributed by atoms with Gasteiger partial charge in [-0.05, 0) is 55.2 Å². The van der Waals surface area contributed by atoms with Gasteiger partial charge in [-0.1, -0.05) is 36.4 Å². The molecule has 22 heavy (non-hydrogen) atoms. The topological polar surface area (TPSA) is 33.3 Å². The molecule has 2 N–H and O–H groups in total. The first-order valence-corrected chi connectivity index (χ1v) is 7.83. The molecule has 0 atom stereocenters. The Hall–Kier alpha value is -2.07. The minimum Gasteiger partial charge on any atom is -0.495 e. The summed E-state index contributed by atoms with van der Waals surface area (Å²) in [6, 6.07) is 16.4. The van der Waals surface area contributed by atoms with E-state index in [1.54, 1.807) is 7.11 Å². The van der Waals surface area contributed by atoms with Crippen LogP contribution in [0.1, 0.15) is 17.5 Å². The van der Waals surface area contributed by atoms with Crippen LogP contribution >= 0.6 is 12.2 Å². The van der Waals surface area contributed by atoms with Crippen molar-refractivity contribution < 1.29 is 4.74 Å². The average Bonchev–Trinajstić information content (AvgIpc) is 2.53. The van der Waals surface area contributed by atoms with Crippen molar-refractivity contribution in [1.29, 1.82) is 0 Å². The smallest absolute Gasteiger partial charge is 0.170 e. The molecule has 116 valence electrons. The molecule has 0 radical (unpaired) electrons. The van der Waals surface area contributed by atoms with Gasteiger partial charge in [-0.2, -0.15) is 0 Å². The second kappa shape index (κ2) is 8.39. The number of nitrogens with one attached hydrogen (secondary N) is 2. The van der Waals surface area contributed by atoms with Crippen molar-refractivity contribution in [3.63, 3.8) is 0 Å². The van der Waals surface area contributed by atoms with Crippen LogP contribution in [0.3, 0.4) is 0 Å². The molecule has 2 rings (SSSR count). The zero-order valence-electron chi connectivity index (χ0n) is 13.1. The SMILES string of the molecule is COc1ccc(C)cc1NC(=S)NCCCc1ccccc1. The maximum absolute atomic E-state index is 5.34. The number of hydrogen-bond acceptors (Lipinski definition) is 2. The molecule has 2 aromatic carbocycles. The molecule has 3 nitrogen and oxygen atoms in total. The number of aryl methyl sites for hydroxylation is 2. The first-order valence-electron chi connectivity index (χ1n) is 7.42. The van der Waals surface area contributed by atoms with Gasteiger partial charge in [0.1, 0.15) is 5.75 Å². The normalized spacial score (nSPS) is 10.1. The summed E-state index contributed by atoms with van der Waals surface area (Å²) in [5.41, 5.74) is 3.40. The number of thiocarbonyl (C=S) groups is 1. The van der Waals surface area contributed by atoms with Crippen LogP contribution in [0, 0.1) is 6.92 Å². The molecular formula is C18H22N2OS. The van der Waals surface area contributed by atoms with Gasteiger partial charge in [0.15, 0.2) is 5.11 Å². The lowest BCUT2D eigenvalue weighted by Crippen LogP contribution is -2.29. The Balaban J connectivity index is 1.77. The first kappa shape index (κ1) is 16.3. The first-order chi connectivity index (χ1) is 10.7. The summed E-state index contributed by atoms with van der Waals surface area (Å²) < 4.78 is 5.33. The lowest BCUT2D eigenvalue weighted by molar-refractivity contribution is 0.417. The Labute approximate surface area is 137 Å². The largest absolute Gasteiger partial charge is 0.495 e. The minimum atomic E-state index is 0.622. The molecule has 0 saturated carbocycles. The lowest BCUT2D eigenvalue weighted by Gasteiger charge is -2.14. The van der Waals surface area contributed by atoms with E-state index >= 15 is 0 Å². The summed E-state index contributed by atoms with van der Waals surface area (Å²) in [6.07, 6.45) is 2.08. The third kappa shape index (κ3) is 5.04. The van der Waals surface area contributed by atoms with Crippen LogP contribution in [0.15, 0.2) is 48.5 Å². The van der Waals surface area contributed by atoms with Crippen LogP contribution in [0.2, 0.25) is 0 Å². The van der Waals surface area contributed by atoms with Gasteiger partial charge in [-0.3, -0.25) is 0 Å². The number of benzene rings is 2. The van der Waals surface area contributed by atoms with Crippen molar-refractivity contribution in [2.45, 2.75) is 19.8 Å². The summed E-state index contributed by atoms with van der Waals surface area (Å²) >= 11 is 5.34. The number of anilines is 1. The Bertz CT molecular complexity index is 614. The van der Waals surface area contributed by atoms with Gasteiger partial charge < -0.3 is 15.4 Å². The summed E-state index contributed by atoms with van der Waals surface area (Å²) in [5, 5.41) is 7.06. The second-order valence-electron chi connectivity index (χ2n) is 5.17. The maximum atomic E-state index is 5.34. The highest BCUT2D eigenvalue weighted by molar-refractivity contribution is 7.80. The molecule has 4 heteroatoms. The van der Waals surface area contributed by atoms with E-state index in [1.807, 2.05) is 31.2 Å². The zero-order valence-corrected chi connectivity index (χ0v) is 13.9. The predicted octanol–water partition coefficient (Wildman–Crippen LogP) is 3.92. The summed E-state index contributed by atoms with van der Waals surface area (Å²) in [6.45, 7) is 2.88. The lowest BCUT2D eigenvalue weighted by atomic mass is 10.1.